The van der Waals surface area contributed by atoms with Gasteiger partial charge in [0.2, 0.25) is 5.91 Å². The highest BCUT2D eigenvalue weighted by atomic mass is 16.5. The zero-order valence-electron chi connectivity index (χ0n) is 12.2. The van der Waals surface area contributed by atoms with Gasteiger partial charge in [0.05, 0.1) is 12.1 Å². The second kappa shape index (κ2) is 5.57. The fourth-order valence-corrected chi connectivity index (χ4v) is 3.47. The number of aliphatic hydroxyl groups is 1. The van der Waals surface area contributed by atoms with Crippen LogP contribution >= 0.6 is 0 Å². The number of ether oxygens (including phenoxy) is 1. The number of carbonyl (C=O) groups is 1. The number of carbonyl (C=O) groups excluding carboxylic acids is 1. The van der Waals surface area contributed by atoms with Crippen LogP contribution < -0.4 is 5.32 Å². The molecule has 0 aliphatic heterocycles. The Morgan fingerprint density at radius 1 is 1.50 bits per heavy atom. The normalized spacial score (nSPS) is 32.9. The molecule has 0 spiro atoms. The van der Waals surface area contributed by atoms with Crippen LogP contribution in [0.15, 0.2) is 0 Å². The smallest absolute Gasteiger partial charge is 0.249 e. The van der Waals surface area contributed by atoms with Crippen LogP contribution in [-0.4, -0.2) is 36.4 Å². The summed E-state index contributed by atoms with van der Waals surface area (Å²) in [4.78, 5) is 12.0. The van der Waals surface area contributed by atoms with Gasteiger partial charge in [-0.3, -0.25) is 4.79 Å². The number of methoxy groups -OCH3 is 1. The SMILES string of the molecule is CO[C@H](C)C(=O)N[C@@]1(CO)C[C@@H](C)CC(C)(C)C1. The van der Waals surface area contributed by atoms with E-state index in [4.69, 9.17) is 4.74 Å². The van der Waals surface area contributed by atoms with E-state index in [1.54, 1.807) is 6.92 Å². The van der Waals surface area contributed by atoms with E-state index < -0.39 is 11.6 Å². The number of hydrogen-bond acceptors (Lipinski definition) is 3. The summed E-state index contributed by atoms with van der Waals surface area (Å²) in [7, 11) is 1.52. The van der Waals surface area contributed by atoms with Gasteiger partial charge in [0.1, 0.15) is 6.10 Å². The molecule has 0 radical (unpaired) electrons. The molecule has 1 fully saturated rings. The Kier molecular flexibility index (Phi) is 4.78. The van der Waals surface area contributed by atoms with E-state index >= 15 is 0 Å². The average Bonchev–Trinajstić information content (AvgIpc) is 2.24. The van der Waals surface area contributed by atoms with Crippen molar-refractivity contribution in [2.45, 2.75) is 58.6 Å². The minimum atomic E-state index is -0.495. The average molecular weight is 257 g/mol. The van der Waals surface area contributed by atoms with Gasteiger partial charge in [0, 0.05) is 7.11 Å². The molecule has 1 saturated carbocycles. The number of rotatable bonds is 4. The first-order valence-corrected chi connectivity index (χ1v) is 6.69. The summed E-state index contributed by atoms with van der Waals surface area (Å²) in [6, 6.07) is 0. The van der Waals surface area contributed by atoms with Gasteiger partial charge in [-0.05, 0) is 37.5 Å². The highest BCUT2D eigenvalue weighted by Gasteiger charge is 2.43. The molecule has 106 valence electrons. The van der Waals surface area contributed by atoms with E-state index in [2.05, 4.69) is 26.1 Å². The molecular formula is C14H27NO3. The van der Waals surface area contributed by atoms with E-state index in [9.17, 15) is 9.90 Å². The summed E-state index contributed by atoms with van der Waals surface area (Å²) in [5.41, 5.74) is -0.352. The first-order chi connectivity index (χ1) is 8.23. The summed E-state index contributed by atoms with van der Waals surface area (Å²) in [6.07, 6.45) is 2.29. The molecule has 0 aromatic heterocycles. The Morgan fingerprint density at radius 2 is 2.11 bits per heavy atom. The Labute approximate surface area is 110 Å². The fraction of sp³-hybridized carbons (Fsp3) is 0.929. The standard InChI is InChI=1S/C14H27NO3/c1-10-6-13(3,4)8-14(7-10,9-16)15-12(17)11(2)18-5/h10-11,16H,6-9H2,1-5H3,(H,15,17)/t10-,11+,14-/m0/s1. The number of aliphatic hydroxyl groups excluding tert-OH is 1. The van der Waals surface area contributed by atoms with E-state index in [0.29, 0.717) is 5.92 Å². The maximum Gasteiger partial charge on any atom is 0.249 e. The maximum absolute atomic E-state index is 12.0. The molecule has 1 aliphatic carbocycles. The highest BCUT2D eigenvalue weighted by molar-refractivity contribution is 5.81. The highest BCUT2D eigenvalue weighted by Crippen LogP contribution is 2.43. The van der Waals surface area contributed by atoms with Gasteiger partial charge in [0.25, 0.3) is 0 Å². The summed E-state index contributed by atoms with van der Waals surface area (Å²) < 4.78 is 5.03. The summed E-state index contributed by atoms with van der Waals surface area (Å²) in [5.74, 6) is 0.357. The van der Waals surface area contributed by atoms with Gasteiger partial charge in [-0.2, -0.15) is 0 Å². The van der Waals surface area contributed by atoms with Crippen molar-refractivity contribution >= 4 is 5.91 Å². The Bertz CT molecular complexity index is 303. The Morgan fingerprint density at radius 3 is 2.56 bits per heavy atom. The van der Waals surface area contributed by atoms with Gasteiger partial charge in [0.15, 0.2) is 0 Å². The van der Waals surface area contributed by atoms with Crippen molar-refractivity contribution in [3.05, 3.63) is 0 Å². The van der Waals surface area contributed by atoms with Crippen molar-refractivity contribution < 1.29 is 14.6 Å². The van der Waals surface area contributed by atoms with E-state index in [0.717, 1.165) is 19.3 Å². The predicted molar refractivity (Wildman–Crippen MR) is 71.2 cm³/mol. The van der Waals surface area contributed by atoms with Crippen molar-refractivity contribution in [3.63, 3.8) is 0 Å². The van der Waals surface area contributed by atoms with Crippen molar-refractivity contribution in [1.82, 2.24) is 5.32 Å². The largest absolute Gasteiger partial charge is 0.394 e. The molecule has 4 nitrogen and oxygen atoms in total. The van der Waals surface area contributed by atoms with Crippen LogP contribution in [0.4, 0.5) is 0 Å². The predicted octanol–water partition coefficient (Wildman–Crippen LogP) is 1.71. The second-order valence-electron chi connectivity index (χ2n) is 6.66. The molecule has 3 atom stereocenters. The van der Waals surface area contributed by atoms with Crippen LogP contribution in [0.25, 0.3) is 0 Å². The number of hydrogen-bond donors (Lipinski definition) is 2. The van der Waals surface area contributed by atoms with Crippen molar-refractivity contribution in [3.8, 4) is 0 Å². The lowest BCUT2D eigenvalue weighted by Gasteiger charge is -2.47. The van der Waals surface area contributed by atoms with Crippen LogP contribution in [0, 0.1) is 11.3 Å². The van der Waals surface area contributed by atoms with E-state index in [1.165, 1.54) is 7.11 Å². The van der Waals surface area contributed by atoms with E-state index in [1.807, 2.05) is 0 Å². The molecule has 18 heavy (non-hydrogen) atoms. The first-order valence-electron chi connectivity index (χ1n) is 6.69. The quantitative estimate of drug-likeness (QED) is 0.806. The lowest BCUT2D eigenvalue weighted by Crippen LogP contribution is -2.58. The minimum Gasteiger partial charge on any atom is -0.394 e. The van der Waals surface area contributed by atoms with Crippen molar-refractivity contribution in [1.29, 1.82) is 0 Å². The van der Waals surface area contributed by atoms with Gasteiger partial charge in [-0.1, -0.05) is 20.8 Å². The number of nitrogens with one attached hydrogen (secondary N) is 1. The lowest BCUT2D eigenvalue weighted by atomic mass is 9.64. The monoisotopic (exact) mass is 257 g/mol. The molecule has 0 aromatic rings. The summed E-state index contributed by atoms with van der Waals surface area (Å²) in [5, 5.41) is 12.7. The topological polar surface area (TPSA) is 58.6 Å². The minimum absolute atomic E-state index is 0.0110. The van der Waals surface area contributed by atoms with Gasteiger partial charge in [-0.25, -0.2) is 0 Å². The van der Waals surface area contributed by atoms with Crippen LogP contribution in [0.1, 0.15) is 47.0 Å². The molecule has 1 amide bonds. The van der Waals surface area contributed by atoms with Crippen LogP contribution in [0.3, 0.4) is 0 Å². The first kappa shape index (κ1) is 15.4. The maximum atomic E-state index is 12.0. The van der Waals surface area contributed by atoms with Crippen LogP contribution in [-0.2, 0) is 9.53 Å². The third-order valence-electron chi connectivity index (χ3n) is 3.87. The Hall–Kier alpha value is -0.610. The molecular weight excluding hydrogens is 230 g/mol. The van der Waals surface area contributed by atoms with Crippen molar-refractivity contribution in [2.24, 2.45) is 11.3 Å². The molecule has 0 saturated heterocycles. The van der Waals surface area contributed by atoms with E-state index in [-0.39, 0.29) is 17.9 Å². The molecule has 1 rings (SSSR count). The molecule has 4 heteroatoms. The summed E-state index contributed by atoms with van der Waals surface area (Å²) in [6.45, 7) is 8.27. The molecule has 0 aromatic carbocycles. The third kappa shape index (κ3) is 3.69. The lowest BCUT2D eigenvalue weighted by molar-refractivity contribution is -0.134. The van der Waals surface area contributed by atoms with Crippen molar-refractivity contribution in [2.75, 3.05) is 13.7 Å². The number of amides is 1. The molecule has 2 N–H and O–H groups in total. The van der Waals surface area contributed by atoms with Gasteiger partial charge < -0.3 is 15.2 Å². The molecule has 0 unspecified atom stereocenters. The fourth-order valence-electron chi connectivity index (χ4n) is 3.47. The van der Waals surface area contributed by atoms with Gasteiger partial charge in [-0.15, -0.1) is 0 Å². The van der Waals surface area contributed by atoms with Crippen LogP contribution in [0.5, 0.6) is 0 Å². The zero-order valence-corrected chi connectivity index (χ0v) is 12.2. The van der Waals surface area contributed by atoms with Gasteiger partial charge >= 0.3 is 0 Å². The molecule has 0 heterocycles. The molecule has 0 bridgehead atoms. The van der Waals surface area contributed by atoms with Crippen LogP contribution in [0.2, 0.25) is 0 Å². The Balaban J connectivity index is 2.82. The second-order valence-corrected chi connectivity index (χ2v) is 6.66. The summed E-state index contributed by atoms with van der Waals surface area (Å²) >= 11 is 0. The third-order valence-corrected chi connectivity index (χ3v) is 3.87. The molecule has 1 aliphatic rings. The zero-order chi connectivity index (χ0) is 14.0.